The molecule has 5 nitrogen and oxygen atoms in total. The van der Waals surface area contributed by atoms with Crippen LogP contribution in [0.1, 0.15) is 63.6 Å². The maximum absolute atomic E-state index is 13.1. The van der Waals surface area contributed by atoms with Gasteiger partial charge in [0.05, 0.1) is 11.8 Å². The number of aryl methyl sites for hydroxylation is 1. The summed E-state index contributed by atoms with van der Waals surface area (Å²) in [5.74, 6) is 0.280. The molecule has 0 radical (unpaired) electrons. The minimum Gasteiger partial charge on any atom is -0.324 e. The van der Waals surface area contributed by atoms with Crippen molar-refractivity contribution in [1.29, 1.82) is 0 Å². The summed E-state index contributed by atoms with van der Waals surface area (Å²) in [6.45, 7) is 6.44. The van der Waals surface area contributed by atoms with Crippen molar-refractivity contribution < 1.29 is 13.2 Å². The first-order chi connectivity index (χ1) is 12.6. The van der Waals surface area contributed by atoms with Gasteiger partial charge in [-0.25, -0.2) is 12.7 Å². The van der Waals surface area contributed by atoms with E-state index >= 15 is 0 Å². The molecule has 4 atom stereocenters. The van der Waals surface area contributed by atoms with Crippen molar-refractivity contribution in [3.63, 3.8) is 0 Å². The molecule has 1 aliphatic heterocycles. The van der Waals surface area contributed by atoms with Gasteiger partial charge in [-0.05, 0) is 48.1 Å². The average Bonchev–Trinajstić information content (AvgIpc) is 3.08. The highest BCUT2D eigenvalue weighted by Gasteiger charge is 2.72. The zero-order valence-corrected chi connectivity index (χ0v) is 17.3. The third kappa shape index (κ3) is 2.52. The molecule has 2 aliphatic carbocycles. The van der Waals surface area contributed by atoms with E-state index in [4.69, 9.17) is 5.73 Å². The number of nitrogens with zero attached hydrogens (tertiary/aromatic N) is 1. The normalized spacial score (nSPS) is 33.9. The van der Waals surface area contributed by atoms with Gasteiger partial charge in [0, 0.05) is 17.9 Å². The van der Waals surface area contributed by atoms with Crippen LogP contribution in [0.5, 0.6) is 0 Å². The van der Waals surface area contributed by atoms with E-state index in [1.807, 2.05) is 24.3 Å². The van der Waals surface area contributed by atoms with Gasteiger partial charge in [-0.2, -0.15) is 0 Å². The molecule has 1 amide bonds. The van der Waals surface area contributed by atoms with Gasteiger partial charge < -0.3 is 5.73 Å². The largest absolute Gasteiger partial charge is 0.324 e. The Hall–Kier alpha value is -1.40. The van der Waals surface area contributed by atoms with Crippen LogP contribution in [0.25, 0.3) is 0 Å². The van der Waals surface area contributed by atoms with Crippen LogP contribution >= 0.6 is 0 Å². The maximum Gasteiger partial charge on any atom is 0.238 e. The van der Waals surface area contributed by atoms with Crippen molar-refractivity contribution in [3.05, 3.63) is 35.4 Å². The molecule has 2 N–H and O–H groups in total. The Morgan fingerprint density at radius 1 is 1.33 bits per heavy atom. The van der Waals surface area contributed by atoms with E-state index in [1.165, 1.54) is 4.31 Å². The molecule has 0 unspecified atom stereocenters. The van der Waals surface area contributed by atoms with E-state index in [-0.39, 0.29) is 35.0 Å². The van der Waals surface area contributed by atoms with E-state index in [1.54, 1.807) is 0 Å². The highest BCUT2D eigenvalue weighted by molar-refractivity contribution is 7.90. The van der Waals surface area contributed by atoms with Crippen LogP contribution < -0.4 is 5.73 Å². The van der Waals surface area contributed by atoms with Gasteiger partial charge in [-0.1, -0.05) is 45.0 Å². The Kier molecular flexibility index (Phi) is 4.24. The van der Waals surface area contributed by atoms with E-state index in [2.05, 4.69) is 20.8 Å². The topological polar surface area (TPSA) is 80.5 Å². The fourth-order valence-electron chi connectivity index (χ4n) is 6.22. The number of hydrogen-bond acceptors (Lipinski definition) is 4. The molecule has 1 spiro atoms. The quantitative estimate of drug-likeness (QED) is 0.857. The third-order valence-corrected chi connectivity index (χ3v) is 9.82. The second kappa shape index (κ2) is 6.05. The van der Waals surface area contributed by atoms with Crippen molar-refractivity contribution in [3.8, 4) is 0 Å². The zero-order chi connectivity index (χ0) is 19.6. The summed E-state index contributed by atoms with van der Waals surface area (Å²) in [5, 5.41) is 0. The van der Waals surface area contributed by atoms with Crippen LogP contribution in [0.2, 0.25) is 0 Å². The molecule has 148 valence electrons. The van der Waals surface area contributed by atoms with Gasteiger partial charge in [0.1, 0.15) is 0 Å². The number of nitrogens with two attached hydrogens (primary N) is 1. The van der Waals surface area contributed by atoms with Gasteiger partial charge in [0.15, 0.2) is 0 Å². The Morgan fingerprint density at radius 2 is 2.04 bits per heavy atom. The van der Waals surface area contributed by atoms with Gasteiger partial charge in [-0.15, -0.1) is 0 Å². The van der Waals surface area contributed by atoms with Gasteiger partial charge >= 0.3 is 0 Å². The summed E-state index contributed by atoms with van der Waals surface area (Å²) in [6.07, 6.45) is 3.65. The highest BCUT2D eigenvalue weighted by atomic mass is 32.2. The molecule has 1 heterocycles. The second-order valence-electron chi connectivity index (χ2n) is 9.17. The monoisotopic (exact) mass is 390 g/mol. The molecule has 4 rings (SSSR count). The lowest BCUT2D eigenvalue weighted by Gasteiger charge is -2.37. The molecule has 1 aromatic rings. The number of amides is 1. The SMILES string of the molecule is CCc1ccccc1[C@H](N)CC(=O)N1[C@H]2C[C@@H]3CC[C@@]2(CS1(=O)=O)C3(C)C. The lowest BCUT2D eigenvalue weighted by Crippen LogP contribution is -2.44. The van der Waals surface area contributed by atoms with Gasteiger partial charge in [0.25, 0.3) is 0 Å². The second-order valence-corrected chi connectivity index (χ2v) is 11.0. The number of rotatable bonds is 4. The van der Waals surface area contributed by atoms with Crippen LogP contribution in [0, 0.1) is 16.7 Å². The summed E-state index contributed by atoms with van der Waals surface area (Å²) in [4.78, 5) is 13.1. The number of hydrogen-bond donors (Lipinski definition) is 1. The van der Waals surface area contributed by atoms with E-state index in [0.29, 0.717) is 5.92 Å². The minimum atomic E-state index is -3.58. The van der Waals surface area contributed by atoms with Crippen molar-refractivity contribution >= 4 is 15.9 Å². The fraction of sp³-hybridized carbons (Fsp3) is 0.667. The van der Waals surface area contributed by atoms with Gasteiger partial charge in [0.2, 0.25) is 15.9 Å². The maximum atomic E-state index is 13.1. The summed E-state index contributed by atoms with van der Waals surface area (Å²) in [7, 11) is -3.58. The van der Waals surface area contributed by atoms with E-state index in [9.17, 15) is 13.2 Å². The Bertz CT molecular complexity index is 879. The molecule has 2 saturated carbocycles. The molecule has 3 aliphatic rings. The molecule has 1 aromatic carbocycles. The predicted molar refractivity (Wildman–Crippen MR) is 105 cm³/mol. The summed E-state index contributed by atoms with van der Waals surface area (Å²) in [5.41, 5.74) is 8.09. The standard InChI is InChI=1S/C21H30N2O3S/c1-4-14-7-5-6-8-16(14)17(22)12-19(24)23-18-11-15-9-10-21(18,20(15,2)3)13-27(23,25)26/h5-8,15,17-18H,4,9-13,22H2,1-3H3/t15-,17+,18-,21-/m0/s1. The molecular formula is C21H30N2O3S. The zero-order valence-electron chi connectivity index (χ0n) is 16.4. The van der Waals surface area contributed by atoms with E-state index in [0.717, 1.165) is 36.8 Å². The van der Waals surface area contributed by atoms with E-state index < -0.39 is 16.1 Å². The lowest BCUT2D eigenvalue weighted by atomic mass is 9.69. The first kappa shape index (κ1) is 18.9. The van der Waals surface area contributed by atoms with Crippen LogP contribution in [-0.2, 0) is 21.2 Å². The number of carbonyl (C=O) groups is 1. The fourth-order valence-corrected chi connectivity index (χ4v) is 8.78. The van der Waals surface area contributed by atoms with Crippen LogP contribution in [0.15, 0.2) is 24.3 Å². The molecular weight excluding hydrogens is 360 g/mol. The van der Waals surface area contributed by atoms with Crippen molar-refractivity contribution in [2.75, 3.05) is 5.75 Å². The summed E-state index contributed by atoms with van der Waals surface area (Å²) >= 11 is 0. The first-order valence-corrected chi connectivity index (χ1v) is 11.6. The molecule has 1 saturated heterocycles. The van der Waals surface area contributed by atoms with Crippen molar-refractivity contribution in [1.82, 2.24) is 4.31 Å². The predicted octanol–water partition coefficient (Wildman–Crippen LogP) is 3.01. The van der Waals surface area contributed by atoms with Crippen LogP contribution in [0.4, 0.5) is 0 Å². The highest BCUT2D eigenvalue weighted by Crippen LogP contribution is 2.70. The smallest absolute Gasteiger partial charge is 0.238 e. The summed E-state index contributed by atoms with van der Waals surface area (Å²) in [6, 6.07) is 7.17. The molecule has 2 bridgehead atoms. The lowest BCUT2D eigenvalue weighted by molar-refractivity contribution is -0.129. The molecule has 3 fully saturated rings. The molecule has 6 heteroatoms. The van der Waals surface area contributed by atoms with Crippen molar-refractivity contribution in [2.24, 2.45) is 22.5 Å². The Balaban J connectivity index is 1.61. The molecule has 27 heavy (non-hydrogen) atoms. The number of benzene rings is 1. The number of carbonyl (C=O) groups excluding carboxylic acids is 1. The van der Waals surface area contributed by atoms with Crippen molar-refractivity contribution in [2.45, 2.75) is 65.0 Å². The summed E-state index contributed by atoms with van der Waals surface area (Å²) < 4.78 is 27.2. The average molecular weight is 391 g/mol. The van der Waals surface area contributed by atoms with Gasteiger partial charge in [-0.3, -0.25) is 4.79 Å². The Morgan fingerprint density at radius 3 is 2.70 bits per heavy atom. The number of fused-ring (bicyclic) bond motifs is 1. The minimum absolute atomic E-state index is 0.0311. The van der Waals surface area contributed by atoms with Crippen LogP contribution in [0.3, 0.4) is 0 Å². The third-order valence-electron chi connectivity index (χ3n) is 7.89. The van der Waals surface area contributed by atoms with Crippen LogP contribution in [-0.4, -0.2) is 30.4 Å². The first-order valence-electron chi connectivity index (χ1n) is 10.0. The molecule has 0 aromatic heterocycles. The number of sulfonamides is 1. The Labute approximate surface area is 162 Å².